The Morgan fingerprint density at radius 2 is 1.85 bits per heavy atom. The molecule has 0 bridgehead atoms. The van der Waals surface area contributed by atoms with Crippen molar-refractivity contribution >= 4 is 33.1 Å². The van der Waals surface area contributed by atoms with Gasteiger partial charge in [0, 0.05) is 18.0 Å². The van der Waals surface area contributed by atoms with Crippen LogP contribution in [0.4, 0.5) is 0 Å². The Bertz CT molecular complexity index is 1420. The number of benzene rings is 2. The minimum absolute atomic E-state index is 0.0752. The number of ether oxygens (including phenoxy) is 1. The third-order valence-corrected chi connectivity index (χ3v) is 8.82. The van der Waals surface area contributed by atoms with Crippen LogP contribution in [0.1, 0.15) is 77.0 Å². The van der Waals surface area contributed by atoms with Crippen molar-refractivity contribution in [2.75, 3.05) is 12.0 Å². The number of unbranched alkanes of at least 4 members (excludes halogenated alkanes) is 1. The van der Waals surface area contributed by atoms with Crippen LogP contribution in [0.15, 0.2) is 48.7 Å². The van der Waals surface area contributed by atoms with E-state index in [1.54, 1.807) is 17.4 Å². The van der Waals surface area contributed by atoms with Crippen molar-refractivity contribution in [2.24, 2.45) is 0 Å². The molecule has 2 unspecified atom stereocenters. The zero-order chi connectivity index (χ0) is 29.3. The van der Waals surface area contributed by atoms with Gasteiger partial charge in [-0.3, -0.25) is 4.79 Å². The molecule has 0 saturated heterocycles. The molecule has 0 radical (unpaired) electrons. The van der Waals surface area contributed by atoms with Crippen molar-refractivity contribution in [1.29, 1.82) is 0 Å². The van der Waals surface area contributed by atoms with Gasteiger partial charge in [-0.05, 0) is 60.6 Å². The zero-order valence-corrected chi connectivity index (χ0v) is 25.1. The van der Waals surface area contributed by atoms with Crippen molar-refractivity contribution in [3.05, 3.63) is 75.2 Å². The first-order valence-electron chi connectivity index (χ1n) is 13.5. The van der Waals surface area contributed by atoms with E-state index in [4.69, 9.17) is 4.74 Å². The topological polar surface area (TPSA) is 123 Å². The van der Waals surface area contributed by atoms with Crippen LogP contribution in [0, 0.1) is 6.92 Å². The van der Waals surface area contributed by atoms with Gasteiger partial charge in [0.15, 0.2) is 0 Å². The lowest BCUT2D eigenvalue weighted by Gasteiger charge is -2.19. The molecule has 3 rings (SSSR count). The number of nitrogens with one attached hydrogen (secondary N) is 1. The summed E-state index contributed by atoms with van der Waals surface area (Å²) in [5, 5.41) is 13.2. The molecule has 0 fully saturated rings. The molecule has 1 amide bonds. The Hall–Kier alpha value is -3.08. The number of carbonyl (C=O) groups is 2. The van der Waals surface area contributed by atoms with Gasteiger partial charge < -0.3 is 15.2 Å². The molecule has 8 nitrogen and oxygen atoms in total. The molecular weight excluding hydrogens is 548 g/mol. The molecule has 1 heterocycles. The average Bonchev–Trinajstić information content (AvgIpc) is 3.39. The number of nitrogens with zero attached hydrogens (tertiary/aromatic N) is 1. The molecular formula is C30H38N2O6S2. The van der Waals surface area contributed by atoms with E-state index < -0.39 is 27.8 Å². The van der Waals surface area contributed by atoms with Gasteiger partial charge in [0.2, 0.25) is 0 Å². The fraction of sp³-hybridized carbons (Fsp3) is 0.433. The molecule has 0 aliphatic carbocycles. The van der Waals surface area contributed by atoms with Gasteiger partial charge in [-0.25, -0.2) is 18.2 Å². The molecule has 40 heavy (non-hydrogen) atoms. The van der Waals surface area contributed by atoms with E-state index in [-0.39, 0.29) is 18.3 Å². The molecule has 0 aliphatic rings. The van der Waals surface area contributed by atoms with Crippen molar-refractivity contribution in [3.63, 3.8) is 0 Å². The van der Waals surface area contributed by atoms with Crippen molar-refractivity contribution in [3.8, 4) is 11.1 Å². The maximum Gasteiger partial charge on any atom is 0.326 e. The Morgan fingerprint density at radius 1 is 1.10 bits per heavy atom. The van der Waals surface area contributed by atoms with Gasteiger partial charge >= 0.3 is 5.97 Å². The normalized spacial score (nSPS) is 13.1. The molecule has 2 aromatic carbocycles. The monoisotopic (exact) mass is 586 g/mol. The Balaban J connectivity index is 1.90. The maximum atomic E-state index is 13.3. The van der Waals surface area contributed by atoms with Crippen molar-refractivity contribution in [2.45, 2.75) is 71.6 Å². The predicted molar refractivity (Wildman–Crippen MR) is 158 cm³/mol. The molecule has 0 aliphatic heterocycles. The highest BCUT2D eigenvalue weighted by Gasteiger charge is 2.24. The molecule has 1 aromatic heterocycles. The van der Waals surface area contributed by atoms with Crippen LogP contribution in [0.5, 0.6) is 0 Å². The highest BCUT2D eigenvalue weighted by Crippen LogP contribution is 2.32. The van der Waals surface area contributed by atoms with Crippen molar-refractivity contribution in [1.82, 2.24) is 10.3 Å². The highest BCUT2D eigenvalue weighted by molar-refractivity contribution is 7.90. The number of thiazole rings is 1. The predicted octanol–water partition coefficient (Wildman–Crippen LogP) is 5.75. The molecule has 0 spiro atoms. The number of aliphatic carboxylic acids is 1. The third kappa shape index (κ3) is 8.97. The van der Waals surface area contributed by atoms with Crippen LogP contribution < -0.4 is 5.32 Å². The molecule has 2 N–H and O–H groups in total. The van der Waals surface area contributed by atoms with Crippen LogP contribution in [0.25, 0.3) is 11.1 Å². The first-order chi connectivity index (χ1) is 19.0. The Labute approximate surface area is 240 Å². The number of aryl methyl sites for hydroxylation is 2. The van der Waals surface area contributed by atoms with E-state index >= 15 is 0 Å². The number of carbonyl (C=O) groups excluding carboxylic acids is 1. The second-order valence-electron chi connectivity index (χ2n) is 9.93. The van der Waals surface area contributed by atoms with Crippen molar-refractivity contribution < 1.29 is 27.9 Å². The van der Waals surface area contributed by atoms with Gasteiger partial charge in [0.1, 0.15) is 15.9 Å². The number of carboxylic acids is 1. The van der Waals surface area contributed by atoms with E-state index in [9.17, 15) is 23.1 Å². The fourth-order valence-electron chi connectivity index (χ4n) is 4.33. The summed E-state index contributed by atoms with van der Waals surface area (Å²) in [5.41, 5.74) is 3.64. The van der Waals surface area contributed by atoms with Gasteiger partial charge in [-0.2, -0.15) is 0 Å². The highest BCUT2D eigenvalue weighted by atomic mass is 32.2. The average molecular weight is 587 g/mol. The molecule has 10 heteroatoms. The van der Waals surface area contributed by atoms with E-state index in [0.29, 0.717) is 17.7 Å². The summed E-state index contributed by atoms with van der Waals surface area (Å²) in [6.07, 6.45) is 6.50. The smallest absolute Gasteiger partial charge is 0.326 e. The Kier molecular flexibility index (Phi) is 11.4. The third-order valence-electron chi connectivity index (χ3n) is 6.61. The molecule has 0 saturated carbocycles. The molecule has 2 atom stereocenters. The summed E-state index contributed by atoms with van der Waals surface area (Å²) in [6.45, 7) is 6.51. The number of sulfone groups is 1. The van der Waals surface area contributed by atoms with Crippen LogP contribution in [0.2, 0.25) is 0 Å². The standard InChI is InChI=1S/C30H38N2O6S2/c1-5-7-12-26(27-18-31-28(6-2)39-27)38-19-21-13-14-23(24(17-21)22-11-9-8-10-20(22)3)29(33)32-25(30(34)35)15-16-40(4,36)37/h8-11,13-14,17-18,25-26H,5-7,12,15-16,19H2,1-4H3,(H,32,33)(H,34,35). The number of hydrogen-bond acceptors (Lipinski definition) is 7. The second kappa shape index (κ2) is 14.5. The summed E-state index contributed by atoms with van der Waals surface area (Å²) in [6, 6.07) is 11.7. The van der Waals surface area contributed by atoms with Crippen LogP contribution in [0.3, 0.4) is 0 Å². The minimum Gasteiger partial charge on any atom is -0.480 e. The minimum atomic E-state index is -3.39. The number of rotatable bonds is 15. The first kappa shape index (κ1) is 31.4. The summed E-state index contributed by atoms with van der Waals surface area (Å²) in [7, 11) is -3.39. The Morgan fingerprint density at radius 3 is 2.48 bits per heavy atom. The second-order valence-corrected chi connectivity index (χ2v) is 13.3. The SMILES string of the molecule is CCCCC(OCc1ccc(C(=O)NC(CCS(C)(=O)=O)C(=O)O)c(-c2ccccc2C)c1)c1cnc(CC)s1. The van der Waals surface area contributed by atoms with Gasteiger partial charge in [0.25, 0.3) is 5.91 Å². The van der Waals surface area contributed by atoms with Crippen LogP contribution in [-0.2, 0) is 32.4 Å². The lowest BCUT2D eigenvalue weighted by atomic mass is 9.93. The van der Waals surface area contributed by atoms with E-state index in [2.05, 4.69) is 24.1 Å². The summed E-state index contributed by atoms with van der Waals surface area (Å²) >= 11 is 1.67. The number of aromatic nitrogens is 1. The zero-order valence-electron chi connectivity index (χ0n) is 23.5. The summed E-state index contributed by atoms with van der Waals surface area (Å²) in [4.78, 5) is 30.7. The fourth-order valence-corrected chi connectivity index (χ4v) is 5.94. The largest absolute Gasteiger partial charge is 0.480 e. The van der Waals surface area contributed by atoms with E-state index in [1.807, 2.05) is 49.5 Å². The lowest BCUT2D eigenvalue weighted by Crippen LogP contribution is -2.42. The van der Waals surface area contributed by atoms with E-state index in [0.717, 1.165) is 58.5 Å². The number of hydrogen-bond donors (Lipinski definition) is 2. The molecule has 216 valence electrons. The number of amides is 1. The van der Waals surface area contributed by atoms with Crippen LogP contribution >= 0.6 is 11.3 Å². The summed E-state index contributed by atoms with van der Waals surface area (Å²) < 4.78 is 29.6. The van der Waals surface area contributed by atoms with Gasteiger partial charge in [-0.15, -0.1) is 11.3 Å². The van der Waals surface area contributed by atoms with E-state index in [1.165, 1.54) is 0 Å². The maximum absolute atomic E-state index is 13.3. The molecule has 3 aromatic rings. The van der Waals surface area contributed by atoms with Gasteiger partial charge in [-0.1, -0.05) is 57.0 Å². The summed E-state index contributed by atoms with van der Waals surface area (Å²) in [5.74, 6) is -2.21. The van der Waals surface area contributed by atoms with Gasteiger partial charge in [0.05, 0.1) is 28.3 Å². The first-order valence-corrected chi connectivity index (χ1v) is 16.4. The lowest BCUT2D eigenvalue weighted by molar-refractivity contribution is -0.139. The quantitative estimate of drug-likeness (QED) is 0.233. The van der Waals surface area contributed by atoms with Crippen LogP contribution in [-0.4, -0.2) is 48.4 Å². The number of carboxylic acid groups (broad SMARTS) is 1.